The Morgan fingerprint density at radius 2 is 1.88 bits per heavy atom. The quantitative estimate of drug-likeness (QED) is 0.300. The average Bonchev–Trinajstić information content (AvgIpc) is 3.47. The number of nitrogens with zero attached hydrogens (tertiary/aromatic N) is 4. The largest absolute Gasteiger partial charge is 0.490 e. The smallest absolute Gasteiger partial charge is 0.416 e. The lowest BCUT2D eigenvalue weighted by molar-refractivity contribution is -0.137. The lowest BCUT2D eigenvalue weighted by Gasteiger charge is -2.13. The summed E-state index contributed by atoms with van der Waals surface area (Å²) in [6, 6.07) is 12.7. The van der Waals surface area contributed by atoms with Crippen molar-refractivity contribution in [2.45, 2.75) is 13.1 Å². The molecule has 0 aliphatic carbocycles. The lowest BCUT2D eigenvalue weighted by atomic mass is 10.2. The van der Waals surface area contributed by atoms with Gasteiger partial charge in [-0.3, -0.25) is 14.6 Å². The van der Waals surface area contributed by atoms with Gasteiger partial charge in [0, 0.05) is 23.6 Å². The maximum Gasteiger partial charge on any atom is 0.416 e. The molecule has 0 saturated heterocycles. The Balaban J connectivity index is 1.32. The number of alkyl halides is 3. The van der Waals surface area contributed by atoms with Crippen LogP contribution in [0, 0.1) is 0 Å². The zero-order valence-electron chi connectivity index (χ0n) is 20.8. The molecule has 1 N–H and O–H groups in total. The number of carbonyl (C=O) groups excluding carboxylic acids is 1. The van der Waals surface area contributed by atoms with Gasteiger partial charge in [-0.1, -0.05) is 23.5 Å². The van der Waals surface area contributed by atoms with E-state index in [1.807, 2.05) is 0 Å². The molecule has 5 aromatic rings. The highest BCUT2D eigenvalue weighted by Crippen LogP contribution is 2.31. The topological polar surface area (TPSA) is 108 Å². The minimum absolute atomic E-state index is 0.00324. The summed E-state index contributed by atoms with van der Waals surface area (Å²) in [4.78, 5) is 34.1. The van der Waals surface area contributed by atoms with Crippen molar-refractivity contribution in [2.75, 3.05) is 18.5 Å². The minimum atomic E-state index is -4.53. The summed E-state index contributed by atoms with van der Waals surface area (Å²) in [6.07, 6.45) is 0.381. The van der Waals surface area contributed by atoms with Crippen LogP contribution in [0.25, 0.3) is 22.4 Å². The molecule has 0 saturated carbocycles. The Morgan fingerprint density at radius 3 is 2.60 bits per heavy atom. The molecular weight excluding hydrogens is 547 g/mol. The fourth-order valence-corrected chi connectivity index (χ4v) is 4.63. The molecule has 0 unspecified atom stereocenters. The summed E-state index contributed by atoms with van der Waals surface area (Å²) in [5.74, 6) is 0.365. The summed E-state index contributed by atoms with van der Waals surface area (Å²) >= 11 is 1.19. The summed E-state index contributed by atoms with van der Waals surface area (Å²) in [6.45, 7) is 1.62. The standard InChI is InChI=1S/C27H20F3N5O4S/c1-2-38-21-12-16(13-22-25(37)35-26(40-22)33-24(34-35)17-8-10-31-11-9-17)6-7-20(21)39-15-23(36)32-19-5-3-4-18(14-19)27(28,29)30/h3-14H,2,15H2,1H3,(H,32,36)/b22-13-. The van der Waals surface area contributed by atoms with Crippen molar-refractivity contribution >= 4 is 34.0 Å². The third-order valence-corrected chi connectivity index (χ3v) is 6.48. The van der Waals surface area contributed by atoms with Crippen LogP contribution < -0.4 is 24.9 Å². The highest BCUT2D eigenvalue weighted by atomic mass is 32.1. The molecule has 0 bridgehead atoms. The molecule has 0 radical (unpaired) electrons. The molecule has 0 aliphatic heterocycles. The molecule has 2 aromatic carbocycles. The number of benzene rings is 2. The predicted molar refractivity (Wildman–Crippen MR) is 142 cm³/mol. The fraction of sp³-hybridized carbons (Fsp3) is 0.148. The van der Waals surface area contributed by atoms with Crippen LogP contribution in [0.2, 0.25) is 0 Å². The first kappa shape index (κ1) is 26.8. The van der Waals surface area contributed by atoms with E-state index in [9.17, 15) is 22.8 Å². The number of halogens is 3. The van der Waals surface area contributed by atoms with Crippen molar-refractivity contribution in [1.29, 1.82) is 0 Å². The van der Waals surface area contributed by atoms with Gasteiger partial charge in [-0.05, 0) is 61.0 Å². The van der Waals surface area contributed by atoms with Crippen LogP contribution in [0.5, 0.6) is 11.5 Å². The Bertz CT molecular complexity index is 1790. The first-order valence-corrected chi connectivity index (χ1v) is 12.7. The molecule has 9 nitrogen and oxygen atoms in total. The lowest BCUT2D eigenvalue weighted by Crippen LogP contribution is -2.23. The van der Waals surface area contributed by atoms with Gasteiger partial charge in [0.15, 0.2) is 23.9 Å². The number of amides is 1. The van der Waals surface area contributed by atoms with E-state index in [1.165, 1.54) is 28.0 Å². The average molecular weight is 568 g/mol. The normalized spacial score (nSPS) is 12.1. The molecule has 13 heteroatoms. The van der Waals surface area contributed by atoms with E-state index < -0.39 is 24.3 Å². The van der Waals surface area contributed by atoms with E-state index in [0.29, 0.717) is 33.2 Å². The van der Waals surface area contributed by atoms with E-state index >= 15 is 0 Å². The Hall–Kier alpha value is -4.78. The number of carbonyl (C=O) groups is 1. The highest BCUT2D eigenvalue weighted by molar-refractivity contribution is 7.15. The third kappa shape index (κ3) is 5.94. The Morgan fingerprint density at radius 1 is 1.07 bits per heavy atom. The van der Waals surface area contributed by atoms with Gasteiger partial charge in [-0.25, -0.2) is 0 Å². The molecule has 0 spiro atoms. The van der Waals surface area contributed by atoms with Gasteiger partial charge in [-0.15, -0.1) is 5.10 Å². The second-order valence-electron chi connectivity index (χ2n) is 8.34. The van der Waals surface area contributed by atoms with Crippen LogP contribution in [0.3, 0.4) is 0 Å². The Kier molecular flexibility index (Phi) is 7.47. The van der Waals surface area contributed by atoms with E-state index in [2.05, 4.69) is 20.4 Å². The van der Waals surface area contributed by atoms with Crippen molar-refractivity contribution in [3.8, 4) is 22.9 Å². The molecular formula is C27H20F3N5O4S. The molecule has 204 valence electrons. The van der Waals surface area contributed by atoms with Gasteiger partial charge in [-0.2, -0.15) is 22.7 Å². The van der Waals surface area contributed by atoms with E-state index in [1.54, 1.807) is 55.7 Å². The molecule has 0 fully saturated rings. The maximum atomic E-state index is 12.9. The van der Waals surface area contributed by atoms with Crippen LogP contribution in [0.15, 0.2) is 71.8 Å². The van der Waals surface area contributed by atoms with Crippen molar-refractivity contribution < 1.29 is 27.4 Å². The predicted octanol–water partition coefficient (Wildman–Crippen LogP) is 4.20. The Labute approximate surface area is 228 Å². The second-order valence-corrected chi connectivity index (χ2v) is 9.35. The van der Waals surface area contributed by atoms with E-state index in [0.717, 1.165) is 17.7 Å². The first-order valence-electron chi connectivity index (χ1n) is 11.9. The number of thiazole rings is 1. The number of hydrogen-bond acceptors (Lipinski definition) is 8. The number of ether oxygens (including phenoxy) is 2. The molecule has 1 amide bonds. The van der Waals surface area contributed by atoms with Gasteiger partial charge in [0.05, 0.1) is 16.7 Å². The summed E-state index contributed by atoms with van der Waals surface area (Å²) in [5, 5.41) is 6.70. The number of anilines is 1. The maximum absolute atomic E-state index is 12.9. The van der Waals surface area contributed by atoms with E-state index in [-0.39, 0.29) is 17.0 Å². The van der Waals surface area contributed by atoms with Crippen LogP contribution in [0.4, 0.5) is 18.9 Å². The number of fused-ring (bicyclic) bond motifs is 1. The van der Waals surface area contributed by atoms with Crippen LogP contribution >= 0.6 is 11.3 Å². The van der Waals surface area contributed by atoms with Crippen LogP contribution in [0.1, 0.15) is 18.1 Å². The third-order valence-electron chi connectivity index (χ3n) is 5.52. The highest BCUT2D eigenvalue weighted by Gasteiger charge is 2.30. The van der Waals surface area contributed by atoms with Gasteiger partial charge < -0.3 is 14.8 Å². The van der Waals surface area contributed by atoms with Crippen molar-refractivity contribution in [3.63, 3.8) is 0 Å². The molecule has 3 heterocycles. The van der Waals surface area contributed by atoms with Crippen molar-refractivity contribution in [1.82, 2.24) is 19.6 Å². The number of hydrogen-bond donors (Lipinski definition) is 1. The second kappa shape index (κ2) is 11.1. The number of pyridine rings is 1. The zero-order chi connectivity index (χ0) is 28.3. The monoisotopic (exact) mass is 567 g/mol. The van der Waals surface area contributed by atoms with Gasteiger partial charge >= 0.3 is 6.18 Å². The minimum Gasteiger partial charge on any atom is -0.490 e. The molecule has 40 heavy (non-hydrogen) atoms. The van der Waals surface area contributed by atoms with Crippen molar-refractivity contribution in [3.05, 3.63) is 93.0 Å². The number of nitrogens with one attached hydrogen (secondary N) is 1. The van der Waals surface area contributed by atoms with Crippen LogP contribution in [-0.2, 0) is 11.0 Å². The summed E-state index contributed by atoms with van der Waals surface area (Å²) in [7, 11) is 0. The van der Waals surface area contributed by atoms with Crippen molar-refractivity contribution in [2.24, 2.45) is 0 Å². The fourth-order valence-electron chi connectivity index (χ4n) is 3.72. The zero-order valence-corrected chi connectivity index (χ0v) is 21.6. The molecule has 5 rings (SSSR count). The molecule has 0 atom stereocenters. The SMILES string of the molecule is CCOc1cc(/C=c2\sc3nc(-c4ccncc4)nn3c2=O)ccc1OCC(=O)Nc1cccc(C(F)(F)F)c1. The van der Waals surface area contributed by atoms with Gasteiger partial charge in [0.25, 0.3) is 11.5 Å². The van der Waals surface area contributed by atoms with Gasteiger partial charge in [0.2, 0.25) is 4.96 Å². The number of rotatable bonds is 8. The summed E-state index contributed by atoms with van der Waals surface area (Å²) in [5.41, 5.74) is 0.187. The van der Waals surface area contributed by atoms with Crippen LogP contribution in [-0.4, -0.2) is 38.7 Å². The number of aromatic nitrogens is 4. The molecule has 0 aliphatic rings. The van der Waals surface area contributed by atoms with E-state index in [4.69, 9.17) is 9.47 Å². The molecule has 3 aromatic heterocycles. The van der Waals surface area contributed by atoms with Gasteiger partial charge in [0.1, 0.15) is 0 Å². The first-order chi connectivity index (χ1) is 19.2. The summed E-state index contributed by atoms with van der Waals surface area (Å²) < 4.78 is 51.6.